The fraction of sp³-hybridized carbons (Fsp3) is 0.133. The van der Waals surface area contributed by atoms with Gasteiger partial charge < -0.3 is 4.74 Å². The van der Waals surface area contributed by atoms with E-state index in [1.807, 2.05) is 12.1 Å². The molecular weight excluding hydrogens is 340 g/mol. The Morgan fingerprint density at radius 1 is 0.905 bits per heavy atom. The van der Waals surface area contributed by atoms with E-state index in [0.29, 0.717) is 0 Å². The molecule has 108 valence electrons. The average molecular weight is 353 g/mol. The minimum absolute atomic E-state index is 0.126. The molecule has 0 saturated heterocycles. The van der Waals surface area contributed by atoms with Crippen LogP contribution in [-0.4, -0.2) is 12.2 Å². The molecule has 0 N–H and O–H groups in total. The van der Waals surface area contributed by atoms with E-state index in [0.717, 1.165) is 9.27 Å². The van der Waals surface area contributed by atoms with E-state index < -0.39 is 0 Å². The van der Waals surface area contributed by atoms with E-state index >= 15 is 0 Å². The quantitative estimate of drug-likeness (QED) is 0.551. The maximum absolute atomic E-state index is 11.1. The molecule has 0 unspecified atom stereocenters. The SMILES string of the molecule is COc1ccc(-c2ccc(-c3ccc(SC(C)=O)s3)s2)s1. The molecule has 3 rings (SSSR count). The number of methoxy groups -OCH3 is 1. The summed E-state index contributed by atoms with van der Waals surface area (Å²) in [5.74, 6) is 0. The van der Waals surface area contributed by atoms with E-state index in [9.17, 15) is 4.79 Å². The van der Waals surface area contributed by atoms with E-state index in [-0.39, 0.29) is 5.12 Å². The van der Waals surface area contributed by atoms with E-state index in [1.54, 1.807) is 48.0 Å². The first-order valence-corrected chi connectivity index (χ1v) is 9.45. The summed E-state index contributed by atoms with van der Waals surface area (Å²) < 4.78 is 6.29. The van der Waals surface area contributed by atoms with Crippen LogP contribution in [0.3, 0.4) is 0 Å². The third kappa shape index (κ3) is 3.40. The monoisotopic (exact) mass is 352 g/mol. The van der Waals surface area contributed by atoms with Crippen LogP contribution >= 0.6 is 45.8 Å². The Labute approximate surface area is 139 Å². The van der Waals surface area contributed by atoms with Gasteiger partial charge in [0.15, 0.2) is 10.2 Å². The Balaban J connectivity index is 1.84. The first kappa shape index (κ1) is 14.8. The van der Waals surface area contributed by atoms with Crippen molar-refractivity contribution < 1.29 is 9.53 Å². The largest absolute Gasteiger partial charge is 0.487 e. The first-order valence-electron chi connectivity index (χ1n) is 6.18. The van der Waals surface area contributed by atoms with Crippen molar-refractivity contribution in [3.8, 4) is 24.6 Å². The van der Waals surface area contributed by atoms with Crippen molar-refractivity contribution in [1.29, 1.82) is 0 Å². The lowest BCUT2D eigenvalue weighted by molar-refractivity contribution is -0.109. The van der Waals surface area contributed by atoms with Gasteiger partial charge in [0.1, 0.15) is 0 Å². The zero-order valence-electron chi connectivity index (χ0n) is 11.4. The highest BCUT2D eigenvalue weighted by atomic mass is 32.2. The van der Waals surface area contributed by atoms with Gasteiger partial charge in [0.25, 0.3) is 0 Å². The van der Waals surface area contributed by atoms with Crippen LogP contribution in [-0.2, 0) is 4.79 Å². The highest BCUT2D eigenvalue weighted by Crippen LogP contribution is 2.42. The summed E-state index contributed by atoms with van der Waals surface area (Å²) in [6.45, 7) is 1.59. The Morgan fingerprint density at radius 3 is 2.10 bits per heavy atom. The van der Waals surface area contributed by atoms with E-state index in [4.69, 9.17) is 4.74 Å². The van der Waals surface area contributed by atoms with Crippen molar-refractivity contribution >= 4 is 50.9 Å². The van der Waals surface area contributed by atoms with E-state index in [1.165, 1.54) is 31.3 Å². The third-order valence-electron chi connectivity index (χ3n) is 2.70. The Hall–Kier alpha value is -1.08. The molecule has 21 heavy (non-hydrogen) atoms. The number of rotatable bonds is 4. The Bertz CT molecular complexity index is 766. The van der Waals surface area contributed by atoms with Crippen molar-refractivity contribution in [2.24, 2.45) is 0 Å². The van der Waals surface area contributed by atoms with E-state index in [2.05, 4.69) is 24.3 Å². The van der Waals surface area contributed by atoms with Gasteiger partial charge >= 0.3 is 0 Å². The number of carbonyl (C=O) groups excluding carboxylic acids is 1. The molecule has 0 aliphatic heterocycles. The normalized spacial score (nSPS) is 10.8. The van der Waals surface area contributed by atoms with Gasteiger partial charge in [-0.3, -0.25) is 4.79 Å². The topological polar surface area (TPSA) is 26.3 Å². The van der Waals surface area contributed by atoms with Gasteiger partial charge in [-0.05, 0) is 48.2 Å². The minimum atomic E-state index is 0.126. The van der Waals surface area contributed by atoms with Crippen molar-refractivity contribution in [3.63, 3.8) is 0 Å². The fourth-order valence-corrected chi connectivity index (χ4v) is 5.77. The summed E-state index contributed by atoms with van der Waals surface area (Å²) in [4.78, 5) is 16.0. The number of carbonyl (C=O) groups is 1. The van der Waals surface area contributed by atoms with Crippen LogP contribution in [0.4, 0.5) is 0 Å². The molecule has 0 amide bonds. The van der Waals surface area contributed by atoms with Crippen LogP contribution in [0.15, 0.2) is 40.6 Å². The van der Waals surface area contributed by atoms with Crippen molar-refractivity contribution in [2.45, 2.75) is 11.1 Å². The van der Waals surface area contributed by atoms with Crippen LogP contribution in [0.5, 0.6) is 5.06 Å². The summed E-state index contributed by atoms with van der Waals surface area (Å²) in [6.07, 6.45) is 0. The van der Waals surface area contributed by atoms with Gasteiger partial charge in [-0.2, -0.15) is 0 Å². The summed E-state index contributed by atoms with van der Waals surface area (Å²) in [6, 6.07) is 12.5. The second kappa shape index (κ2) is 6.36. The second-order valence-electron chi connectivity index (χ2n) is 4.20. The Morgan fingerprint density at radius 2 is 1.48 bits per heavy atom. The molecule has 0 aliphatic carbocycles. The molecular formula is C15H12O2S4. The standard InChI is InChI=1S/C15H12O2S4/c1-9(16)18-15-8-6-13(21-15)11-4-3-10(19-11)12-5-7-14(17-2)20-12/h3-8H,1-2H3. The van der Waals surface area contributed by atoms with Crippen molar-refractivity contribution in [1.82, 2.24) is 0 Å². The molecule has 3 aromatic heterocycles. The molecule has 3 heterocycles. The lowest BCUT2D eigenvalue weighted by Gasteiger charge is -1.92. The highest BCUT2D eigenvalue weighted by molar-refractivity contribution is 8.15. The highest BCUT2D eigenvalue weighted by Gasteiger charge is 2.10. The zero-order chi connectivity index (χ0) is 14.8. The van der Waals surface area contributed by atoms with Crippen molar-refractivity contribution in [2.75, 3.05) is 7.11 Å². The maximum Gasteiger partial charge on any atom is 0.191 e. The molecule has 0 saturated carbocycles. The van der Waals surface area contributed by atoms with Gasteiger partial charge in [-0.1, -0.05) is 11.3 Å². The molecule has 0 radical (unpaired) electrons. The molecule has 3 aromatic rings. The minimum Gasteiger partial charge on any atom is -0.487 e. The molecule has 0 aromatic carbocycles. The molecule has 0 atom stereocenters. The number of hydrogen-bond acceptors (Lipinski definition) is 6. The summed E-state index contributed by atoms with van der Waals surface area (Å²) in [7, 11) is 1.69. The van der Waals surface area contributed by atoms with Crippen LogP contribution in [0.25, 0.3) is 19.5 Å². The maximum atomic E-state index is 11.1. The van der Waals surface area contributed by atoms with Gasteiger partial charge in [-0.15, -0.1) is 22.7 Å². The Kier molecular flexibility index (Phi) is 4.49. The number of ether oxygens (including phenoxy) is 1. The molecule has 2 nitrogen and oxygen atoms in total. The summed E-state index contributed by atoms with van der Waals surface area (Å²) in [5.41, 5.74) is 0. The summed E-state index contributed by atoms with van der Waals surface area (Å²) >= 11 is 6.37. The predicted octanol–water partition coefficient (Wildman–Crippen LogP) is 5.85. The molecule has 0 spiro atoms. The third-order valence-corrected chi connectivity index (χ3v) is 7.23. The molecule has 0 aliphatic rings. The van der Waals surface area contributed by atoms with Gasteiger partial charge in [0.2, 0.25) is 0 Å². The summed E-state index contributed by atoms with van der Waals surface area (Å²) in [5, 5.41) is 1.05. The zero-order valence-corrected chi connectivity index (χ0v) is 14.7. The van der Waals surface area contributed by atoms with Gasteiger partial charge in [0.05, 0.1) is 11.3 Å². The van der Waals surface area contributed by atoms with Crippen molar-refractivity contribution in [3.05, 3.63) is 36.4 Å². The molecule has 0 fully saturated rings. The first-order chi connectivity index (χ1) is 10.2. The van der Waals surface area contributed by atoms with Crippen LogP contribution in [0.1, 0.15) is 6.92 Å². The second-order valence-corrected chi connectivity index (χ2v) is 8.89. The average Bonchev–Trinajstić information content (AvgIpc) is 3.17. The predicted molar refractivity (Wildman–Crippen MR) is 94.0 cm³/mol. The van der Waals surface area contributed by atoms with Crippen LogP contribution < -0.4 is 4.74 Å². The van der Waals surface area contributed by atoms with Crippen LogP contribution in [0, 0.1) is 0 Å². The number of hydrogen-bond donors (Lipinski definition) is 0. The number of thiophene rings is 3. The van der Waals surface area contributed by atoms with Gasteiger partial charge in [0, 0.05) is 26.4 Å². The lowest BCUT2D eigenvalue weighted by Crippen LogP contribution is -1.75. The smallest absolute Gasteiger partial charge is 0.191 e. The molecule has 0 bridgehead atoms. The number of thioether (sulfide) groups is 1. The fourth-order valence-electron chi connectivity index (χ4n) is 1.81. The van der Waals surface area contributed by atoms with Crippen LogP contribution in [0.2, 0.25) is 0 Å². The molecule has 6 heteroatoms. The van der Waals surface area contributed by atoms with Gasteiger partial charge in [-0.25, -0.2) is 0 Å². The lowest BCUT2D eigenvalue weighted by atomic mass is 10.3.